The first kappa shape index (κ1) is 21.9. The monoisotopic (exact) mass is 468 g/mol. The minimum atomic E-state index is -2.07. The van der Waals surface area contributed by atoms with Crippen molar-refractivity contribution in [2.24, 2.45) is 0 Å². The largest absolute Gasteiger partial charge is 2.00 e. The molecule has 1 unspecified atom stereocenters. The number of rotatable bonds is 2. The average molecular weight is 471 g/mol. The van der Waals surface area contributed by atoms with Crippen molar-refractivity contribution < 1.29 is 51.0 Å². The van der Waals surface area contributed by atoms with Gasteiger partial charge in [-0.1, -0.05) is 78.5 Å². The Hall–Kier alpha value is -0.110. The summed E-state index contributed by atoms with van der Waals surface area (Å²) < 4.78 is 0. The van der Waals surface area contributed by atoms with Crippen molar-refractivity contribution >= 4 is 18.5 Å². The summed E-state index contributed by atoms with van der Waals surface area (Å²) in [5, 5.41) is 1.45. The molecule has 2 aliphatic rings. The van der Waals surface area contributed by atoms with Gasteiger partial charge in [-0.3, -0.25) is 0 Å². The molecule has 1 atom stereocenters. The number of allylic oxidation sites excluding steroid dienone is 4. The summed E-state index contributed by atoms with van der Waals surface area (Å²) in [6.45, 7) is 2.30. The van der Waals surface area contributed by atoms with Crippen molar-refractivity contribution in [2.75, 3.05) is 0 Å². The average Bonchev–Trinajstić information content (AvgIpc) is 3.14. The molecule has 2 aromatic carbocycles. The van der Waals surface area contributed by atoms with E-state index in [4.69, 9.17) is 11.1 Å². The predicted octanol–water partition coefficient (Wildman–Crippen LogP) is -0.417. The predicted molar refractivity (Wildman–Crippen MR) is 93.0 cm³/mol. The first-order valence-corrected chi connectivity index (χ1v) is 11.0. The van der Waals surface area contributed by atoms with E-state index in [2.05, 4.69) is 73.3 Å². The zero-order chi connectivity index (χ0) is 14.4. The molecule has 0 spiro atoms. The number of hydrogen-bond acceptors (Lipinski definition) is 0. The molecule has 2 aliphatic carbocycles. The Morgan fingerprint density at radius 2 is 1.42 bits per heavy atom. The smallest absolute Gasteiger partial charge is 1.00 e. The van der Waals surface area contributed by atoms with Crippen LogP contribution in [0, 0.1) is 0 Å². The van der Waals surface area contributed by atoms with Crippen LogP contribution in [0.15, 0.2) is 72.0 Å². The van der Waals surface area contributed by atoms with Gasteiger partial charge in [0.2, 0.25) is 0 Å². The Morgan fingerprint density at radius 1 is 0.917 bits per heavy atom. The van der Waals surface area contributed by atoms with Gasteiger partial charge < -0.3 is 24.8 Å². The van der Waals surface area contributed by atoms with E-state index in [0.717, 1.165) is 6.42 Å². The zero-order valence-electron chi connectivity index (χ0n) is 13.3. The maximum absolute atomic E-state index is 7.23. The van der Waals surface area contributed by atoms with E-state index in [1.54, 1.807) is 0 Å². The molecule has 24 heavy (non-hydrogen) atoms. The van der Waals surface area contributed by atoms with Crippen LogP contribution in [0.25, 0.3) is 11.1 Å². The number of hydrogen-bond donors (Lipinski definition) is 0. The summed E-state index contributed by atoms with van der Waals surface area (Å²) in [7, 11) is -2.07. The van der Waals surface area contributed by atoms with Crippen molar-refractivity contribution in [2.45, 2.75) is 18.5 Å². The van der Waals surface area contributed by atoms with E-state index in [9.17, 15) is 0 Å². The normalized spacial score (nSPS) is 16.7. The molecule has 5 heteroatoms. The van der Waals surface area contributed by atoms with Crippen LogP contribution in [0.4, 0.5) is 0 Å². The first-order valence-electron chi connectivity index (χ1n) is 7.43. The van der Waals surface area contributed by atoms with Gasteiger partial charge in [0.1, 0.15) is 0 Å². The van der Waals surface area contributed by atoms with E-state index < -0.39 is 7.38 Å². The van der Waals surface area contributed by atoms with E-state index >= 15 is 0 Å². The van der Waals surface area contributed by atoms with Crippen molar-refractivity contribution in [3.8, 4) is 11.1 Å². The third kappa shape index (κ3) is 3.41. The Kier molecular flexibility index (Phi) is 7.78. The van der Waals surface area contributed by atoms with Crippen LogP contribution in [0.5, 0.6) is 0 Å². The second-order valence-electron chi connectivity index (χ2n) is 6.01. The SMILES string of the molecule is C[Si](Cl)(C1=CC=CC1)C1c2ccccc2-c2ccccc21.[Cl-].[Cl-].[Zr+2]. The quantitative estimate of drug-likeness (QED) is 0.413. The number of halogens is 3. The van der Waals surface area contributed by atoms with E-state index in [1.165, 1.54) is 27.5 Å². The fourth-order valence-electron chi connectivity index (χ4n) is 3.73. The standard InChI is InChI=1S/C19H17ClSi.2ClH.Zr/c1-21(20,14-8-2-3-9-14)19-17-12-6-4-10-15(17)16-11-5-7-13-18(16)19;;;/h2-8,10-13,19H,9H2,1H3;2*1H;/q;;;+2/p-2. The molecule has 122 valence electrons. The summed E-state index contributed by atoms with van der Waals surface area (Å²) >= 11 is 7.23. The fraction of sp³-hybridized carbons (Fsp3) is 0.158. The summed E-state index contributed by atoms with van der Waals surface area (Å²) in [5.74, 6) is 0. The van der Waals surface area contributed by atoms with Crippen LogP contribution >= 0.6 is 11.1 Å². The maximum Gasteiger partial charge on any atom is 2.00 e. The summed E-state index contributed by atoms with van der Waals surface area (Å²) in [6.07, 6.45) is 7.63. The summed E-state index contributed by atoms with van der Waals surface area (Å²) in [6, 6.07) is 17.5. The van der Waals surface area contributed by atoms with Gasteiger partial charge in [-0.05, 0) is 28.7 Å². The van der Waals surface area contributed by atoms with Crippen LogP contribution < -0.4 is 24.8 Å². The van der Waals surface area contributed by atoms with Crippen LogP contribution in [-0.2, 0) is 26.2 Å². The molecular formula is C19H17Cl3SiZr. The second-order valence-corrected chi connectivity index (χ2v) is 11.7. The van der Waals surface area contributed by atoms with Gasteiger partial charge in [-0.2, -0.15) is 11.1 Å². The summed E-state index contributed by atoms with van der Waals surface area (Å²) in [4.78, 5) is 0. The third-order valence-electron chi connectivity index (χ3n) is 4.78. The van der Waals surface area contributed by atoms with Crippen LogP contribution in [0.2, 0.25) is 6.55 Å². The van der Waals surface area contributed by atoms with E-state index in [0.29, 0.717) is 5.54 Å². The molecule has 2 aromatic rings. The van der Waals surface area contributed by atoms with Gasteiger partial charge in [-0.25, -0.2) is 0 Å². The van der Waals surface area contributed by atoms with Gasteiger partial charge >= 0.3 is 26.2 Å². The maximum atomic E-state index is 7.23. The van der Waals surface area contributed by atoms with Crippen molar-refractivity contribution in [3.05, 3.63) is 83.1 Å². The van der Waals surface area contributed by atoms with E-state index in [1.807, 2.05) is 0 Å². The second kappa shape index (κ2) is 8.52. The molecule has 0 fully saturated rings. The molecule has 0 saturated heterocycles. The molecule has 0 amide bonds. The van der Waals surface area contributed by atoms with Gasteiger partial charge in [0.05, 0.1) is 0 Å². The van der Waals surface area contributed by atoms with E-state index in [-0.39, 0.29) is 51.0 Å². The molecule has 0 saturated carbocycles. The molecule has 0 heterocycles. The Bertz CT molecular complexity index is 738. The van der Waals surface area contributed by atoms with Crippen LogP contribution in [0.1, 0.15) is 23.1 Å². The third-order valence-corrected chi connectivity index (χ3v) is 9.49. The Balaban J connectivity index is 0.000000960. The van der Waals surface area contributed by atoms with Gasteiger partial charge in [-0.15, -0.1) is 0 Å². The Morgan fingerprint density at radius 3 is 1.88 bits per heavy atom. The molecule has 0 N–H and O–H groups in total. The fourth-order valence-corrected chi connectivity index (χ4v) is 7.84. The minimum Gasteiger partial charge on any atom is -1.00 e. The molecule has 0 aromatic heterocycles. The van der Waals surface area contributed by atoms with Crippen molar-refractivity contribution in [1.82, 2.24) is 0 Å². The molecule has 4 rings (SSSR count). The molecular weight excluding hydrogens is 454 g/mol. The molecule has 0 bridgehead atoms. The minimum absolute atomic E-state index is 0. The van der Waals surface area contributed by atoms with Crippen molar-refractivity contribution in [1.29, 1.82) is 0 Å². The topological polar surface area (TPSA) is 0 Å². The molecule has 0 radical (unpaired) electrons. The number of benzene rings is 2. The molecule has 0 aliphatic heterocycles. The number of fused-ring (bicyclic) bond motifs is 3. The zero-order valence-corrected chi connectivity index (χ0v) is 19.0. The Labute approximate surface area is 181 Å². The molecule has 0 nitrogen and oxygen atoms in total. The van der Waals surface area contributed by atoms with Crippen LogP contribution in [-0.4, -0.2) is 7.38 Å². The first-order chi connectivity index (χ1) is 10.2. The summed E-state index contributed by atoms with van der Waals surface area (Å²) in [5.41, 5.74) is 5.91. The van der Waals surface area contributed by atoms with Crippen LogP contribution in [0.3, 0.4) is 0 Å². The van der Waals surface area contributed by atoms with Crippen molar-refractivity contribution in [3.63, 3.8) is 0 Å². The van der Waals surface area contributed by atoms with Gasteiger partial charge in [0.25, 0.3) is 0 Å². The van der Waals surface area contributed by atoms with Gasteiger partial charge in [0.15, 0.2) is 7.38 Å². The van der Waals surface area contributed by atoms with Gasteiger partial charge in [0, 0.05) is 5.54 Å².